The molecule has 8 nitrogen and oxygen atoms in total. The molecule has 0 saturated carbocycles. The van der Waals surface area contributed by atoms with Crippen LogP contribution in [0.1, 0.15) is 13.3 Å². The number of hydrogen-bond donors (Lipinski definition) is 3. The molecule has 0 spiro atoms. The van der Waals surface area contributed by atoms with E-state index in [-0.39, 0.29) is 25.2 Å². The number of nitrogens with zero attached hydrogens (tertiary/aromatic N) is 1. The average Bonchev–Trinajstić information content (AvgIpc) is 3.05. The fourth-order valence-corrected chi connectivity index (χ4v) is 2.81. The molecule has 0 aromatic carbocycles. The van der Waals surface area contributed by atoms with Crippen molar-refractivity contribution in [3.8, 4) is 0 Å². The highest BCUT2D eigenvalue weighted by Crippen LogP contribution is 2.30. The molecule has 2 saturated heterocycles. The Morgan fingerprint density at radius 3 is 2.67 bits per heavy atom. The van der Waals surface area contributed by atoms with E-state index in [1.165, 1.54) is 0 Å². The molecule has 3 unspecified atom stereocenters. The minimum Gasteiger partial charge on any atom is -0.481 e. The fourth-order valence-electron chi connectivity index (χ4n) is 2.81. The van der Waals surface area contributed by atoms with Crippen molar-refractivity contribution in [2.45, 2.75) is 19.4 Å². The van der Waals surface area contributed by atoms with E-state index >= 15 is 0 Å². The van der Waals surface area contributed by atoms with Crippen molar-refractivity contribution < 1.29 is 24.2 Å². The van der Waals surface area contributed by atoms with Crippen molar-refractivity contribution in [1.82, 2.24) is 15.5 Å². The highest BCUT2D eigenvalue weighted by atomic mass is 16.5. The van der Waals surface area contributed by atoms with Crippen molar-refractivity contribution in [3.05, 3.63) is 0 Å². The molecule has 0 aliphatic carbocycles. The van der Waals surface area contributed by atoms with Gasteiger partial charge in [-0.25, -0.2) is 4.79 Å². The number of aliphatic carboxylic acids is 1. The van der Waals surface area contributed by atoms with E-state index in [1.54, 1.807) is 11.9 Å². The minimum atomic E-state index is -0.977. The van der Waals surface area contributed by atoms with Crippen molar-refractivity contribution in [1.29, 1.82) is 0 Å². The molecule has 2 aliphatic rings. The Balaban J connectivity index is 1.93. The maximum Gasteiger partial charge on any atom is 0.317 e. The summed E-state index contributed by atoms with van der Waals surface area (Å²) in [5, 5.41) is 14.4. The number of carbonyl (C=O) groups excluding carboxylic acids is 2. The standard InChI is InChI=1S/C13H21N3O5/c1-13(11(19)14-2)3-4-16(7-13)12(20)15-9-6-21-5-8(9)10(17)18/h8-9H,3-7H2,1-2H3,(H,14,19)(H,15,20)(H,17,18). The Morgan fingerprint density at radius 1 is 1.33 bits per heavy atom. The summed E-state index contributed by atoms with van der Waals surface area (Å²) in [6.45, 7) is 2.92. The van der Waals surface area contributed by atoms with Crippen LogP contribution >= 0.6 is 0 Å². The van der Waals surface area contributed by atoms with Gasteiger partial charge in [-0.3, -0.25) is 9.59 Å². The lowest BCUT2D eigenvalue weighted by Crippen LogP contribution is -2.49. The van der Waals surface area contributed by atoms with Crippen LogP contribution in [0.15, 0.2) is 0 Å². The number of carboxylic acid groups (broad SMARTS) is 1. The van der Waals surface area contributed by atoms with Gasteiger partial charge >= 0.3 is 12.0 Å². The van der Waals surface area contributed by atoms with E-state index in [0.29, 0.717) is 19.5 Å². The van der Waals surface area contributed by atoms with E-state index in [4.69, 9.17) is 9.84 Å². The molecule has 2 aliphatic heterocycles. The quantitative estimate of drug-likeness (QED) is 0.636. The number of hydrogen-bond acceptors (Lipinski definition) is 4. The van der Waals surface area contributed by atoms with Gasteiger partial charge in [0, 0.05) is 20.1 Å². The van der Waals surface area contributed by atoms with Gasteiger partial charge in [0.05, 0.1) is 24.7 Å². The van der Waals surface area contributed by atoms with E-state index in [9.17, 15) is 14.4 Å². The molecule has 3 atom stereocenters. The van der Waals surface area contributed by atoms with Crippen LogP contribution in [0.3, 0.4) is 0 Å². The van der Waals surface area contributed by atoms with Crippen molar-refractivity contribution in [3.63, 3.8) is 0 Å². The number of carbonyl (C=O) groups is 3. The summed E-state index contributed by atoms with van der Waals surface area (Å²) in [6.07, 6.45) is 0.587. The second-order valence-corrected chi connectivity index (χ2v) is 5.85. The van der Waals surface area contributed by atoms with Crippen LogP contribution in [-0.2, 0) is 14.3 Å². The maximum atomic E-state index is 12.2. The molecule has 0 aromatic rings. The third kappa shape index (κ3) is 3.10. The highest BCUT2D eigenvalue weighted by molar-refractivity contribution is 5.84. The lowest BCUT2D eigenvalue weighted by Gasteiger charge is -2.24. The smallest absolute Gasteiger partial charge is 0.317 e. The first-order valence-corrected chi connectivity index (χ1v) is 6.95. The summed E-state index contributed by atoms with van der Waals surface area (Å²) in [4.78, 5) is 36.6. The van der Waals surface area contributed by atoms with E-state index in [1.807, 2.05) is 6.92 Å². The fraction of sp³-hybridized carbons (Fsp3) is 0.769. The van der Waals surface area contributed by atoms with Gasteiger partial charge in [0.25, 0.3) is 0 Å². The van der Waals surface area contributed by atoms with E-state index in [2.05, 4.69) is 10.6 Å². The Bertz CT molecular complexity index is 455. The SMILES string of the molecule is CNC(=O)C1(C)CCN(C(=O)NC2COCC2C(=O)O)C1. The first kappa shape index (κ1) is 15.6. The molecule has 2 heterocycles. The molecule has 0 aromatic heterocycles. The molecule has 2 fully saturated rings. The van der Waals surface area contributed by atoms with Gasteiger partial charge in [0.1, 0.15) is 5.92 Å². The van der Waals surface area contributed by atoms with Gasteiger partial charge in [-0.05, 0) is 13.3 Å². The van der Waals surface area contributed by atoms with Crippen molar-refractivity contribution in [2.24, 2.45) is 11.3 Å². The average molecular weight is 299 g/mol. The molecular formula is C13H21N3O5. The highest BCUT2D eigenvalue weighted by Gasteiger charge is 2.43. The zero-order valence-corrected chi connectivity index (χ0v) is 12.2. The zero-order valence-electron chi connectivity index (χ0n) is 12.2. The summed E-state index contributed by atoms with van der Waals surface area (Å²) < 4.78 is 5.11. The monoisotopic (exact) mass is 299 g/mol. The number of nitrogens with one attached hydrogen (secondary N) is 2. The van der Waals surface area contributed by atoms with Gasteiger partial charge in [0.15, 0.2) is 0 Å². The Morgan fingerprint density at radius 2 is 2.05 bits per heavy atom. The molecule has 3 amide bonds. The lowest BCUT2D eigenvalue weighted by molar-refractivity contribution is -0.142. The van der Waals surface area contributed by atoms with Gasteiger partial charge in [-0.2, -0.15) is 0 Å². The Hall–Kier alpha value is -1.83. The predicted molar refractivity (Wildman–Crippen MR) is 72.6 cm³/mol. The zero-order chi connectivity index (χ0) is 15.6. The number of ether oxygens (including phenoxy) is 1. The van der Waals surface area contributed by atoms with Crippen LogP contribution in [0.4, 0.5) is 4.79 Å². The Labute approximate surface area is 122 Å². The maximum absolute atomic E-state index is 12.2. The molecule has 0 radical (unpaired) electrons. The molecule has 118 valence electrons. The number of amides is 3. The summed E-state index contributed by atoms with van der Waals surface area (Å²) in [5.41, 5.74) is -0.593. The largest absolute Gasteiger partial charge is 0.481 e. The third-order valence-corrected chi connectivity index (χ3v) is 4.24. The third-order valence-electron chi connectivity index (χ3n) is 4.24. The van der Waals surface area contributed by atoms with Crippen LogP contribution < -0.4 is 10.6 Å². The lowest BCUT2D eigenvalue weighted by atomic mass is 9.89. The second kappa shape index (κ2) is 5.88. The van der Waals surface area contributed by atoms with Crippen molar-refractivity contribution >= 4 is 17.9 Å². The van der Waals surface area contributed by atoms with Gasteiger partial charge in [-0.15, -0.1) is 0 Å². The molecular weight excluding hydrogens is 278 g/mol. The van der Waals surface area contributed by atoms with Crippen LogP contribution in [0.5, 0.6) is 0 Å². The summed E-state index contributed by atoms with van der Waals surface area (Å²) in [7, 11) is 1.57. The summed E-state index contributed by atoms with van der Waals surface area (Å²) in [6, 6.07) is -0.869. The predicted octanol–water partition coefficient (Wildman–Crippen LogP) is -0.746. The number of urea groups is 1. The van der Waals surface area contributed by atoms with Crippen LogP contribution in [0.25, 0.3) is 0 Å². The molecule has 21 heavy (non-hydrogen) atoms. The number of rotatable bonds is 3. The van der Waals surface area contributed by atoms with Gasteiger partial charge < -0.3 is 25.4 Å². The molecule has 2 rings (SSSR count). The minimum absolute atomic E-state index is 0.0922. The van der Waals surface area contributed by atoms with Crippen LogP contribution in [0, 0.1) is 11.3 Å². The van der Waals surface area contributed by atoms with Crippen LogP contribution in [-0.4, -0.2) is 67.3 Å². The first-order valence-electron chi connectivity index (χ1n) is 6.95. The topological polar surface area (TPSA) is 108 Å². The van der Waals surface area contributed by atoms with E-state index < -0.39 is 23.3 Å². The molecule has 3 N–H and O–H groups in total. The molecule has 8 heteroatoms. The Kier molecular flexibility index (Phi) is 4.36. The normalized spacial score (nSPS) is 32.0. The van der Waals surface area contributed by atoms with Crippen molar-refractivity contribution in [2.75, 3.05) is 33.4 Å². The summed E-state index contributed by atoms with van der Waals surface area (Å²) in [5.74, 6) is -1.79. The second-order valence-electron chi connectivity index (χ2n) is 5.85. The first-order chi connectivity index (χ1) is 9.87. The molecule has 0 bridgehead atoms. The van der Waals surface area contributed by atoms with Gasteiger partial charge in [-0.1, -0.05) is 0 Å². The number of likely N-dealkylation sites (tertiary alicyclic amines) is 1. The summed E-state index contributed by atoms with van der Waals surface area (Å²) >= 11 is 0. The number of carboxylic acids is 1. The van der Waals surface area contributed by atoms with E-state index in [0.717, 1.165) is 0 Å². The van der Waals surface area contributed by atoms with Crippen LogP contribution in [0.2, 0.25) is 0 Å². The van der Waals surface area contributed by atoms with Gasteiger partial charge in [0.2, 0.25) is 5.91 Å².